The van der Waals surface area contributed by atoms with E-state index >= 15 is 0 Å². The summed E-state index contributed by atoms with van der Waals surface area (Å²) in [4.78, 5) is 5.25. The minimum Gasteiger partial charge on any atom is -0.496 e. The van der Waals surface area contributed by atoms with Gasteiger partial charge < -0.3 is 9.57 Å². The number of rotatable bonds is 6. The fraction of sp³-hybridized carbons (Fsp3) is 0.118. The molecule has 0 saturated carbocycles. The summed E-state index contributed by atoms with van der Waals surface area (Å²) in [6.45, 7) is 4.13. The lowest BCUT2D eigenvalue weighted by Gasteiger charge is -2.03. The van der Waals surface area contributed by atoms with Gasteiger partial charge in [0.05, 0.1) is 7.11 Å². The highest BCUT2D eigenvalue weighted by Crippen LogP contribution is 2.15. The van der Waals surface area contributed by atoms with Crippen LogP contribution >= 0.6 is 0 Å². The zero-order chi connectivity index (χ0) is 14.2. The number of hydrogen-bond donors (Lipinski definition) is 0. The Bertz CT molecular complexity index is 605. The van der Waals surface area contributed by atoms with Crippen LogP contribution in [0.4, 0.5) is 0 Å². The van der Waals surface area contributed by atoms with Gasteiger partial charge in [-0.2, -0.15) is 0 Å². The summed E-state index contributed by atoms with van der Waals surface area (Å²) >= 11 is 0. The van der Waals surface area contributed by atoms with Crippen molar-refractivity contribution in [2.45, 2.75) is 6.61 Å². The number of ether oxygens (including phenoxy) is 1. The van der Waals surface area contributed by atoms with Crippen molar-refractivity contribution in [1.29, 1.82) is 0 Å². The van der Waals surface area contributed by atoms with Crippen LogP contribution in [0.3, 0.4) is 0 Å². The second kappa shape index (κ2) is 7.14. The second-order valence-electron chi connectivity index (χ2n) is 4.13. The zero-order valence-corrected chi connectivity index (χ0v) is 11.4. The zero-order valence-electron chi connectivity index (χ0n) is 11.4. The molecule has 2 aromatic rings. The number of methoxy groups -OCH3 is 1. The van der Waals surface area contributed by atoms with Crippen LogP contribution in [0.15, 0.2) is 60.3 Å². The molecule has 0 aliphatic heterocycles. The molecule has 0 aliphatic rings. The summed E-state index contributed by atoms with van der Waals surface area (Å²) in [5.74, 6) is 0.716. The van der Waals surface area contributed by atoms with Crippen LogP contribution in [-0.4, -0.2) is 13.3 Å². The normalized spacial score (nSPS) is 10.4. The summed E-state index contributed by atoms with van der Waals surface area (Å²) in [5.41, 5.74) is 2.85. The van der Waals surface area contributed by atoms with Crippen LogP contribution in [0.5, 0.6) is 5.75 Å². The topological polar surface area (TPSA) is 30.8 Å². The Labute approximate surface area is 119 Å². The van der Waals surface area contributed by atoms with Gasteiger partial charge in [-0.3, -0.25) is 0 Å². The molecule has 0 unspecified atom stereocenters. The third-order valence-electron chi connectivity index (χ3n) is 2.76. The van der Waals surface area contributed by atoms with Crippen LogP contribution in [0, 0.1) is 0 Å². The van der Waals surface area contributed by atoms with E-state index in [4.69, 9.17) is 9.57 Å². The Hall–Kier alpha value is -2.55. The summed E-state index contributed by atoms with van der Waals surface area (Å²) in [6, 6.07) is 15.4. The molecule has 0 heterocycles. The van der Waals surface area contributed by atoms with Crippen molar-refractivity contribution < 1.29 is 9.57 Å². The molecule has 0 atom stereocenters. The van der Waals surface area contributed by atoms with Crippen LogP contribution in [0.25, 0.3) is 6.08 Å². The van der Waals surface area contributed by atoms with Crippen molar-refractivity contribution in [3.63, 3.8) is 0 Å². The minimum absolute atomic E-state index is 0.393. The highest BCUT2D eigenvalue weighted by Gasteiger charge is 1.99. The molecular formula is C17H16NO2. The van der Waals surface area contributed by atoms with Gasteiger partial charge in [0.2, 0.25) is 0 Å². The average molecular weight is 266 g/mol. The standard InChI is InChI=1S/C17H16NO2/c1-3-14-7-6-8-15(11-14)13-20-18-12-16-9-4-5-10-17(16)19-2/h3-11H,1,13H2,2H3. The highest BCUT2D eigenvalue weighted by molar-refractivity contribution is 5.82. The van der Waals surface area contributed by atoms with E-state index in [1.54, 1.807) is 13.2 Å². The lowest BCUT2D eigenvalue weighted by atomic mass is 10.1. The van der Waals surface area contributed by atoms with Crippen LogP contribution in [0.2, 0.25) is 0 Å². The van der Waals surface area contributed by atoms with E-state index in [2.05, 4.69) is 17.9 Å². The second-order valence-corrected chi connectivity index (χ2v) is 4.13. The molecule has 0 bridgehead atoms. The summed E-state index contributed by atoms with van der Waals surface area (Å²) in [5, 5.41) is 3.85. The average Bonchev–Trinajstić information content (AvgIpc) is 2.52. The maximum Gasteiger partial charge on any atom is 0.143 e. The summed E-state index contributed by atoms with van der Waals surface area (Å²) in [6.07, 6.45) is 4.62. The van der Waals surface area contributed by atoms with Crippen molar-refractivity contribution >= 4 is 12.3 Å². The van der Waals surface area contributed by atoms with Gasteiger partial charge in [-0.15, -0.1) is 0 Å². The summed E-state index contributed by atoms with van der Waals surface area (Å²) < 4.78 is 5.20. The Kier molecular flexibility index (Phi) is 4.95. The minimum atomic E-state index is 0.393. The molecular weight excluding hydrogens is 250 g/mol. The largest absolute Gasteiger partial charge is 0.496 e. The molecule has 2 aromatic carbocycles. The molecule has 3 nitrogen and oxygen atoms in total. The molecule has 0 aliphatic carbocycles. The molecule has 2 rings (SSSR count). The maximum absolute atomic E-state index is 5.25. The van der Waals surface area contributed by atoms with E-state index in [9.17, 15) is 0 Å². The van der Waals surface area contributed by atoms with Crippen molar-refractivity contribution in [3.05, 3.63) is 71.8 Å². The molecule has 0 aromatic heterocycles. The van der Waals surface area contributed by atoms with Crippen molar-refractivity contribution in [2.24, 2.45) is 5.16 Å². The molecule has 0 spiro atoms. The fourth-order valence-corrected chi connectivity index (χ4v) is 1.74. The highest BCUT2D eigenvalue weighted by atomic mass is 16.6. The van der Waals surface area contributed by atoms with Crippen LogP contribution < -0.4 is 4.74 Å². The first kappa shape index (κ1) is 13.9. The Morgan fingerprint density at radius 2 is 2.05 bits per heavy atom. The van der Waals surface area contributed by atoms with Crippen LogP contribution in [-0.2, 0) is 11.4 Å². The third-order valence-corrected chi connectivity index (χ3v) is 2.76. The number of para-hydroxylation sites is 1. The first-order valence-corrected chi connectivity index (χ1v) is 6.26. The van der Waals surface area contributed by atoms with Gasteiger partial charge in [0.1, 0.15) is 18.6 Å². The fourth-order valence-electron chi connectivity index (χ4n) is 1.74. The Morgan fingerprint density at radius 3 is 2.85 bits per heavy atom. The lowest BCUT2D eigenvalue weighted by Crippen LogP contribution is -1.92. The van der Waals surface area contributed by atoms with Crippen molar-refractivity contribution in [1.82, 2.24) is 0 Å². The first-order valence-electron chi connectivity index (χ1n) is 6.26. The van der Waals surface area contributed by atoms with Gasteiger partial charge in [-0.1, -0.05) is 48.1 Å². The molecule has 0 amide bonds. The monoisotopic (exact) mass is 266 g/mol. The SMILES string of the molecule is C=Cc1cccc(CO/N=[C]\c2ccccc2OC)c1. The van der Waals surface area contributed by atoms with E-state index in [1.165, 1.54) is 0 Å². The first-order chi connectivity index (χ1) is 9.83. The molecule has 1 radical (unpaired) electrons. The van der Waals surface area contributed by atoms with Gasteiger partial charge in [-0.25, -0.2) is 0 Å². The Balaban J connectivity index is 1.95. The maximum atomic E-state index is 5.25. The van der Waals surface area contributed by atoms with E-state index in [0.29, 0.717) is 12.4 Å². The molecule has 0 N–H and O–H groups in total. The third kappa shape index (κ3) is 3.72. The van der Waals surface area contributed by atoms with Crippen molar-refractivity contribution in [2.75, 3.05) is 7.11 Å². The van der Waals surface area contributed by atoms with Crippen molar-refractivity contribution in [3.8, 4) is 5.75 Å². The molecule has 0 fully saturated rings. The quantitative estimate of drug-likeness (QED) is 0.588. The predicted octanol–water partition coefficient (Wildman–Crippen LogP) is 3.77. The number of benzene rings is 2. The van der Waals surface area contributed by atoms with Gasteiger partial charge in [0.15, 0.2) is 0 Å². The van der Waals surface area contributed by atoms with E-state index < -0.39 is 0 Å². The van der Waals surface area contributed by atoms with E-state index in [1.807, 2.05) is 48.5 Å². The van der Waals surface area contributed by atoms with E-state index in [-0.39, 0.29) is 0 Å². The summed E-state index contributed by atoms with van der Waals surface area (Å²) in [7, 11) is 1.61. The van der Waals surface area contributed by atoms with Gasteiger partial charge in [-0.05, 0) is 29.3 Å². The number of hydrogen-bond acceptors (Lipinski definition) is 3. The van der Waals surface area contributed by atoms with Crippen LogP contribution in [0.1, 0.15) is 16.7 Å². The predicted molar refractivity (Wildman–Crippen MR) is 80.9 cm³/mol. The molecule has 0 saturated heterocycles. The molecule has 20 heavy (non-hydrogen) atoms. The Morgan fingerprint density at radius 1 is 1.20 bits per heavy atom. The lowest BCUT2D eigenvalue weighted by molar-refractivity contribution is 0.132. The van der Waals surface area contributed by atoms with Gasteiger partial charge in [0, 0.05) is 5.56 Å². The smallest absolute Gasteiger partial charge is 0.143 e. The van der Waals surface area contributed by atoms with Gasteiger partial charge in [0.25, 0.3) is 0 Å². The molecule has 101 valence electrons. The van der Waals surface area contributed by atoms with E-state index in [0.717, 1.165) is 16.7 Å². The number of nitrogens with zero attached hydrogens (tertiary/aromatic N) is 1. The molecule has 3 heteroatoms. The van der Waals surface area contributed by atoms with Gasteiger partial charge >= 0.3 is 0 Å².